The molecule has 1 atom stereocenters. The van der Waals surface area contributed by atoms with Gasteiger partial charge in [-0.1, -0.05) is 67.7 Å². The van der Waals surface area contributed by atoms with Crippen LogP contribution in [0.2, 0.25) is 18.6 Å². The van der Waals surface area contributed by atoms with Crippen LogP contribution in [0.3, 0.4) is 0 Å². The Morgan fingerprint density at radius 1 is 1.20 bits per heavy atom. The smallest absolute Gasteiger partial charge is 0.0837 e. The van der Waals surface area contributed by atoms with Crippen LogP contribution >= 0.6 is 0 Å². The second-order valence-corrected chi connectivity index (χ2v) is 9.80. The average molecular weight is 218 g/mol. The predicted octanol–water partition coefficient (Wildman–Crippen LogP) is 3.96. The molecule has 1 unspecified atom stereocenters. The van der Waals surface area contributed by atoms with E-state index in [0.717, 1.165) is 5.54 Å². The molecule has 0 aliphatic heterocycles. The van der Waals surface area contributed by atoms with Gasteiger partial charge in [-0.05, 0) is 18.9 Å². The molecule has 0 aliphatic rings. The van der Waals surface area contributed by atoms with Crippen LogP contribution in [-0.2, 0) is 0 Å². The van der Waals surface area contributed by atoms with E-state index in [1.165, 1.54) is 6.42 Å². The SMILES string of the molecule is C/C=C/CC(C)[Si](C)(C)c1ccccc1. The highest BCUT2D eigenvalue weighted by molar-refractivity contribution is 6.90. The van der Waals surface area contributed by atoms with Gasteiger partial charge in [0.1, 0.15) is 0 Å². The van der Waals surface area contributed by atoms with Crippen molar-refractivity contribution in [3.63, 3.8) is 0 Å². The van der Waals surface area contributed by atoms with E-state index < -0.39 is 8.07 Å². The van der Waals surface area contributed by atoms with Gasteiger partial charge in [-0.3, -0.25) is 0 Å². The number of hydrogen-bond donors (Lipinski definition) is 0. The molecule has 0 saturated heterocycles. The fourth-order valence-electron chi connectivity index (χ4n) is 1.79. The third kappa shape index (κ3) is 3.06. The molecule has 0 radical (unpaired) electrons. The Kier molecular flexibility index (Phi) is 4.34. The highest BCUT2D eigenvalue weighted by atomic mass is 28.3. The van der Waals surface area contributed by atoms with Crippen molar-refractivity contribution in [2.24, 2.45) is 0 Å². The summed E-state index contributed by atoms with van der Waals surface area (Å²) in [7, 11) is -1.27. The maximum Gasteiger partial charge on any atom is 0.0837 e. The highest BCUT2D eigenvalue weighted by Gasteiger charge is 2.29. The summed E-state index contributed by atoms with van der Waals surface area (Å²) in [6.45, 7) is 9.43. The van der Waals surface area contributed by atoms with Crippen molar-refractivity contribution >= 4 is 13.3 Å². The Hall–Kier alpha value is -0.823. The maximum absolute atomic E-state index is 2.47. The third-order valence-electron chi connectivity index (χ3n) is 3.48. The van der Waals surface area contributed by atoms with Crippen LogP contribution in [0.1, 0.15) is 20.3 Å². The Labute approximate surface area is 95.0 Å². The van der Waals surface area contributed by atoms with Gasteiger partial charge in [0.05, 0.1) is 8.07 Å². The molecule has 1 aromatic rings. The van der Waals surface area contributed by atoms with Crippen molar-refractivity contribution in [2.75, 3.05) is 0 Å². The summed E-state index contributed by atoms with van der Waals surface area (Å²) >= 11 is 0. The number of hydrogen-bond acceptors (Lipinski definition) is 0. The lowest BCUT2D eigenvalue weighted by atomic mass is 10.3. The van der Waals surface area contributed by atoms with Crippen molar-refractivity contribution in [1.29, 1.82) is 0 Å². The van der Waals surface area contributed by atoms with Crippen LogP contribution in [0.4, 0.5) is 0 Å². The average Bonchev–Trinajstić information content (AvgIpc) is 2.27. The minimum absolute atomic E-state index is 0.802. The minimum Gasteiger partial charge on any atom is -0.0917 e. The molecule has 0 heterocycles. The first kappa shape index (κ1) is 12.2. The van der Waals surface area contributed by atoms with Crippen molar-refractivity contribution < 1.29 is 0 Å². The Balaban J connectivity index is 2.82. The molecule has 82 valence electrons. The summed E-state index contributed by atoms with van der Waals surface area (Å²) in [6.07, 6.45) is 5.67. The molecule has 0 spiro atoms. The first-order valence-corrected chi connectivity index (χ1v) is 8.83. The van der Waals surface area contributed by atoms with E-state index in [-0.39, 0.29) is 0 Å². The van der Waals surface area contributed by atoms with Crippen LogP contribution in [0.25, 0.3) is 0 Å². The normalized spacial score (nSPS) is 14.4. The molecule has 1 aromatic carbocycles. The first-order valence-electron chi connectivity index (χ1n) is 5.75. The van der Waals surface area contributed by atoms with Crippen molar-refractivity contribution in [1.82, 2.24) is 0 Å². The summed E-state index contributed by atoms with van der Waals surface area (Å²) in [5.74, 6) is 0. The van der Waals surface area contributed by atoms with Gasteiger partial charge in [0.15, 0.2) is 0 Å². The molecule has 0 aromatic heterocycles. The first-order chi connectivity index (χ1) is 7.09. The number of rotatable bonds is 4. The lowest BCUT2D eigenvalue weighted by Crippen LogP contribution is -2.44. The summed E-state index contributed by atoms with van der Waals surface area (Å²) in [6, 6.07) is 11.0. The zero-order valence-corrected chi connectivity index (χ0v) is 11.3. The van der Waals surface area contributed by atoms with E-state index in [1.807, 2.05) is 0 Å². The quantitative estimate of drug-likeness (QED) is 0.530. The minimum atomic E-state index is -1.27. The molecule has 1 rings (SSSR count). The van der Waals surface area contributed by atoms with Gasteiger partial charge in [-0.25, -0.2) is 0 Å². The molecular weight excluding hydrogens is 196 g/mol. The van der Waals surface area contributed by atoms with Crippen LogP contribution in [-0.4, -0.2) is 8.07 Å². The van der Waals surface area contributed by atoms with Crippen molar-refractivity contribution in [3.8, 4) is 0 Å². The van der Waals surface area contributed by atoms with E-state index in [1.54, 1.807) is 5.19 Å². The summed E-state index contributed by atoms with van der Waals surface area (Å²) in [4.78, 5) is 0. The van der Waals surface area contributed by atoms with E-state index >= 15 is 0 Å². The van der Waals surface area contributed by atoms with Gasteiger partial charge in [0.25, 0.3) is 0 Å². The number of benzene rings is 1. The molecule has 0 amide bonds. The third-order valence-corrected chi connectivity index (χ3v) is 8.00. The van der Waals surface area contributed by atoms with Crippen LogP contribution in [0, 0.1) is 0 Å². The summed E-state index contributed by atoms with van der Waals surface area (Å²) in [5.41, 5.74) is 0.802. The molecule has 0 N–H and O–H groups in total. The lowest BCUT2D eigenvalue weighted by molar-refractivity contribution is 0.910. The van der Waals surface area contributed by atoms with Crippen LogP contribution < -0.4 is 5.19 Å². The van der Waals surface area contributed by atoms with Gasteiger partial charge in [-0.2, -0.15) is 0 Å². The van der Waals surface area contributed by atoms with Crippen molar-refractivity contribution in [3.05, 3.63) is 42.5 Å². The zero-order valence-electron chi connectivity index (χ0n) is 10.3. The van der Waals surface area contributed by atoms with Gasteiger partial charge < -0.3 is 0 Å². The molecule has 1 heteroatoms. The molecule has 15 heavy (non-hydrogen) atoms. The lowest BCUT2D eigenvalue weighted by Gasteiger charge is -2.29. The molecule has 0 aliphatic carbocycles. The number of allylic oxidation sites excluding steroid dienone is 2. The van der Waals surface area contributed by atoms with Crippen molar-refractivity contribution in [2.45, 2.75) is 38.9 Å². The maximum atomic E-state index is 2.47. The Morgan fingerprint density at radius 3 is 2.33 bits per heavy atom. The largest absolute Gasteiger partial charge is 0.0917 e. The molecule has 0 bridgehead atoms. The Morgan fingerprint density at radius 2 is 1.80 bits per heavy atom. The fraction of sp³-hybridized carbons (Fsp3) is 0.429. The summed E-state index contributed by atoms with van der Waals surface area (Å²) in [5, 5.41) is 1.57. The monoisotopic (exact) mass is 218 g/mol. The molecule has 0 fully saturated rings. The summed E-state index contributed by atoms with van der Waals surface area (Å²) < 4.78 is 0. The van der Waals surface area contributed by atoms with Crippen LogP contribution in [0.15, 0.2) is 42.5 Å². The van der Waals surface area contributed by atoms with Gasteiger partial charge >= 0.3 is 0 Å². The predicted molar refractivity (Wildman–Crippen MR) is 72.4 cm³/mol. The van der Waals surface area contributed by atoms with Gasteiger partial charge in [0.2, 0.25) is 0 Å². The topological polar surface area (TPSA) is 0 Å². The second kappa shape index (κ2) is 5.31. The zero-order chi connectivity index (χ0) is 11.3. The Bertz CT molecular complexity index is 311. The van der Waals surface area contributed by atoms with E-state index in [0.29, 0.717) is 0 Å². The van der Waals surface area contributed by atoms with E-state index in [2.05, 4.69) is 69.4 Å². The molecular formula is C14H22Si. The van der Waals surface area contributed by atoms with E-state index in [4.69, 9.17) is 0 Å². The molecule has 0 saturated carbocycles. The molecule has 0 nitrogen and oxygen atoms in total. The van der Waals surface area contributed by atoms with Gasteiger partial charge in [0, 0.05) is 0 Å². The second-order valence-electron chi connectivity index (χ2n) is 4.79. The van der Waals surface area contributed by atoms with E-state index in [9.17, 15) is 0 Å². The standard InChI is InChI=1S/C14H22Si/c1-5-6-10-13(2)15(3,4)14-11-8-7-9-12-14/h5-9,11-13H,10H2,1-4H3/b6-5+. The fourth-order valence-corrected chi connectivity index (χ4v) is 4.13. The van der Waals surface area contributed by atoms with Crippen LogP contribution in [0.5, 0.6) is 0 Å². The van der Waals surface area contributed by atoms with Gasteiger partial charge in [-0.15, -0.1) is 0 Å². The highest BCUT2D eigenvalue weighted by Crippen LogP contribution is 2.25.